The zero-order valence-electron chi connectivity index (χ0n) is 14.3. The summed E-state index contributed by atoms with van der Waals surface area (Å²) in [5, 5.41) is 2.20. The van der Waals surface area contributed by atoms with E-state index in [0.717, 1.165) is 21.9 Å². The first kappa shape index (κ1) is 16.1. The number of carbonyl (C=O) groups is 2. The van der Waals surface area contributed by atoms with Gasteiger partial charge in [-0.2, -0.15) is 0 Å². The van der Waals surface area contributed by atoms with Crippen LogP contribution in [0.2, 0.25) is 0 Å². The summed E-state index contributed by atoms with van der Waals surface area (Å²) in [5.41, 5.74) is 7.47. The van der Waals surface area contributed by atoms with Gasteiger partial charge in [0.15, 0.2) is 6.10 Å². The van der Waals surface area contributed by atoms with Crippen LogP contribution in [0.3, 0.4) is 0 Å². The van der Waals surface area contributed by atoms with Crippen molar-refractivity contribution in [1.29, 1.82) is 0 Å². The number of nitrogens with one attached hydrogen (secondary N) is 2. The molecule has 1 heterocycles. The van der Waals surface area contributed by atoms with E-state index in [9.17, 15) is 9.59 Å². The second-order valence-electron chi connectivity index (χ2n) is 6.38. The Labute approximate surface area is 150 Å². The lowest BCUT2D eigenvalue weighted by molar-refractivity contribution is -0.128. The van der Waals surface area contributed by atoms with Crippen molar-refractivity contribution in [3.05, 3.63) is 77.4 Å². The summed E-state index contributed by atoms with van der Waals surface area (Å²) in [5.74, 6) is -0.0150. The number of rotatable bonds is 2. The van der Waals surface area contributed by atoms with Crippen LogP contribution < -0.4 is 15.6 Å². The summed E-state index contributed by atoms with van der Waals surface area (Å²) in [4.78, 5) is 24.5. The van der Waals surface area contributed by atoms with Crippen LogP contribution in [-0.2, 0) is 11.2 Å². The summed E-state index contributed by atoms with van der Waals surface area (Å²) >= 11 is 0. The fourth-order valence-corrected chi connectivity index (χ4v) is 3.14. The van der Waals surface area contributed by atoms with Crippen molar-refractivity contribution in [2.24, 2.45) is 0 Å². The zero-order chi connectivity index (χ0) is 18.1. The van der Waals surface area contributed by atoms with Crippen molar-refractivity contribution in [3.63, 3.8) is 0 Å². The lowest BCUT2D eigenvalue weighted by Crippen LogP contribution is -2.47. The number of hydrazine groups is 1. The minimum atomic E-state index is -0.658. The zero-order valence-corrected chi connectivity index (χ0v) is 14.3. The first-order valence-corrected chi connectivity index (χ1v) is 8.46. The molecule has 2 N–H and O–H groups in total. The van der Waals surface area contributed by atoms with E-state index in [0.29, 0.717) is 17.7 Å². The molecule has 1 atom stereocenters. The molecule has 5 nitrogen and oxygen atoms in total. The number of benzene rings is 3. The number of ether oxygens (including phenoxy) is 1. The molecule has 0 spiro atoms. The summed E-state index contributed by atoms with van der Waals surface area (Å²) < 4.78 is 5.77. The second kappa shape index (κ2) is 6.52. The van der Waals surface area contributed by atoms with Gasteiger partial charge in [0.1, 0.15) is 5.75 Å². The second-order valence-corrected chi connectivity index (χ2v) is 6.38. The van der Waals surface area contributed by atoms with Gasteiger partial charge in [0.05, 0.1) is 0 Å². The third kappa shape index (κ3) is 2.99. The molecule has 1 unspecified atom stereocenters. The molecule has 3 aromatic carbocycles. The van der Waals surface area contributed by atoms with Gasteiger partial charge in [-0.15, -0.1) is 0 Å². The highest BCUT2D eigenvalue weighted by molar-refractivity contribution is 5.96. The molecule has 4 rings (SSSR count). The average Bonchev–Trinajstić information content (AvgIpc) is 3.11. The van der Waals surface area contributed by atoms with Gasteiger partial charge in [-0.3, -0.25) is 20.4 Å². The lowest BCUT2D eigenvalue weighted by atomic mass is 10.0. The van der Waals surface area contributed by atoms with Crippen LogP contribution in [-0.4, -0.2) is 17.9 Å². The van der Waals surface area contributed by atoms with Crippen molar-refractivity contribution in [1.82, 2.24) is 10.9 Å². The van der Waals surface area contributed by atoms with Gasteiger partial charge in [0, 0.05) is 17.5 Å². The monoisotopic (exact) mass is 346 g/mol. The predicted molar refractivity (Wildman–Crippen MR) is 98.9 cm³/mol. The molecule has 1 aliphatic rings. The smallest absolute Gasteiger partial charge is 0.279 e. The van der Waals surface area contributed by atoms with Gasteiger partial charge in [-0.1, -0.05) is 48.0 Å². The minimum absolute atomic E-state index is 0.362. The molecule has 2 amide bonds. The van der Waals surface area contributed by atoms with Crippen molar-refractivity contribution in [2.45, 2.75) is 19.4 Å². The maximum atomic E-state index is 12.4. The molecule has 5 heteroatoms. The van der Waals surface area contributed by atoms with Crippen molar-refractivity contribution in [3.8, 4) is 5.75 Å². The van der Waals surface area contributed by atoms with Gasteiger partial charge >= 0.3 is 0 Å². The third-order valence-electron chi connectivity index (χ3n) is 4.56. The van der Waals surface area contributed by atoms with E-state index < -0.39 is 6.10 Å². The van der Waals surface area contributed by atoms with Gasteiger partial charge in [0.25, 0.3) is 11.8 Å². The van der Waals surface area contributed by atoms with E-state index in [1.54, 1.807) is 12.1 Å². The van der Waals surface area contributed by atoms with Crippen LogP contribution in [0.15, 0.2) is 60.7 Å². The van der Waals surface area contributed by atoms with Crippen LogP contribution >= 0.6 is 0 Å². The van der Waals surface area contributed by atoms with Gasteiger partial charge < -0.3 is 4.74 Å². The molecule has 0 aliphatic carbocycles. The molecular weight excluding hydrogens is 328 g/mol. The molecule has 130 valence electrons. The Kier molecular flexibility index (Phi) is 4.05. The van der Waals surface area contributed by atoms with Crippen LogP contribution in [0.1, 0.15) is 21.5 Å². The Morgan fingerprint density at radius 1 is 0.962 bits per heavy atom. The maximum Gasteiger partial charge on any atom is 0.279 e. The van der Waals surface area contributed by atoms with Crippen molar-refractivity contribution >= 4 is 22.6 Å². The molecule has 1 aliphatic heterocycles. The molecule has 0 radical (unpaired) electrons. The summed E-state index contributed by atoms with van der Waals surface area (Å²) in [6, 6.07) is 19.0. The van der Waals surface area contributed by atoms with E-state index in [2.05, 4.69) is 10.9 Å². The van der Waals surface area contributed by atoms with E-state index in [1.807, 2.05) is 55.5 Å². The Morgan fingerprint density at radius 3 is 2.54 bits per heavy atom. The first-order chi connectivity index (χ1) is 12.6. The lowest BCUT2D eigenvalue weighted by Gasteiger charge is -2.12. The molecule has 0 saturated carbocycles. The third-order valence-corrected chi connectivity index (χ3v) is 4.56. The largest absolute Gasteiger partial charge is 0.480 e. The normalized spacial score (nSPS) is 15.2. The molecular formula is C21H18N2O3. The SMILES string of the molecule is Cc1ccc(C(=O)NNC(=O)C2Cc3c(ccc4ccccc34)O2)cc1. The van der Waals surface area contributed by atoms with E-state index in [1.165, 1.54) is 0 Å². The molecule has 0 aromatic heterocycles. The Balaban J connectivity index is 1.42. The summed E-state index contributed by atoms with van der Waals surface area (Å²) in [7, 11) is 0. The van der Waals surface area contributed by atoms with Gasteiger partial charge in [0.2, 0.25) is 0 Å². The fourth-order valence-electron chi connectivity index (χ4n) is 3.14. The topological polar surface area (TPSA) is 67.4 Å². The molecule has 3 aromatic rings. The number of fused-ring (bicyclic) bond motifs is 3. The van der Waals surface area contributed by atoms with E-state index in [4.69, 9.17) is 4.74 Å². The van der Waals surface area contributed by atoms with Crippen molar-refractivity contribution in [2.75, 3.05) is 0 Å². The van der Waals surface area contributed by atoms with Crippen molar-refractivity contribution < 1.29 is 14.3 Å². The summed E-state index contributed by atoms with van der Waals surface area (Å²) in [6.07, 6.45) is -0.183. The van der Waals surface area contributed by atoms with Gasteiger partial charge in [-0.05, 0) is 35.9 Å². The number of hydrogen-bond acceptors (Lipinski definition) is 3. The van der Waals surface area contributed by atoms with Crippen LogP contribution in [0.25, 0.3) is 10.8 Å². The number of hydrogen-bond donors (Lipinski definition) is 2. The highest BCUT2D eigenvalue weighted by Crippen LogP contribution is 2.34. The quantitative estimate of drug-likeness (QED) is 0.701. The van der Waals surface area contributed by atoms with Gasteiger partial charge in [-0.25, -0.2) is 0 Å². The fraction of sp³-hybridized carbons (Fsp3) is 0.143. The minimum Gasteiger partial charge on any atom is -0.480 e. The predicted octanol–water partition coefficient (Wildman–Crippen LogP) is 2.91. The highest BCUT2D eigenvalue weighted by atomic mass is 16.5. The van der Waals surface area contributed by atoms with Crippen LogP contribution in [0, 0.1) is 6.92 Å². The Bertz CT molecular complexity index is 996. The number of aryl methyl sites for hydroxylation is 1. The van der Waals surface area contributed by atoms with Crippen LogP contribution in [0.5, 0.6) is 5.75 Å². The summed E-state index contributed by atoms with van der Waals surface area (Å²) in [6.45, 7) is 1.95. The number of carbonyl (C=O) groups excluding carboxylic acids is 2. The van der Waals surface area contributed by atoms with E-state index in [-0.39, 0.29) is 11.8 Å². The first-order valence-electron chi connectivity index (χ1n) is 8.46. The average molecular weight is 346 g/mol. The standard InChI is InChI=1S/C21H18N2O3/c1-13-6-8-15(9-7-13)20(24)22-23-21(25)19-12-17-16-5-3-2-4-14(16)10-11-18(17)26-19/h2-11,19H,12H2,1H3,(H,22,24)(H,23,25). The number of amides is 2. The Morgan fingerprint density at radius 2 is 1.73 bits per heavy atom. The molecule has 26 heavy (non-hydrogen) atoms. The molecule has 0 bridgehead atoms. The van der Waals surface area contributed by atoms with E-state index >= 15 is 0 Å². The molecule has 0 saturated heterocycles. The van der Waals surface area contributed by atoms with Crippen LogP contribution in [0.4, 0.5) is 0 Å². The Hall–Kier alpha value is -3.34. The highest BCUT2D eigenvalue weighted by Gasteiger charge is 2.30. The molecule has 0 fully saturated rings. The maximum absolute atomic E-state index is 12.4.